The highest BCUT2D eigenvalue weighted by Gasteiger charge is 2.46. The number of carboxylic acids is 1. The molecular weight excluding hydrogens is 284 g/mol. The van der Waals surface area contributed by atoms with Gasteiger partial charge in [-0.1, -0.05) is 19.3 Å². The zero-order valence-electron chi connectivity index (χ0n) is 13.3. The number of aryl methyl sites for hydroxylation is 1. The van der Waals surface area contributed by atoms with Gasteiger partial charge in [0, 0.05) is 12.7 Å². The van der Waals surface area contributed by atoms with Gasteiger partial charge in [-0.3, -0.25) is 4.79 Å². The fourth-order valence-electron chi connectivity index (χ4n) is 3.06. The van der Waals surface area contributed by atoms with E-state index in [1.165, 1.54) is 12.0 Å². The Bertz CT molecular complexity index is 580. The molecular formula is C16H22N2O4. The van der Waals surface area contributed by atoms with Crippen molar-refractivity contribution in [2.24, 2.45) is 0 Å². The highest BCUT2D eigenvalue weighted by atomic mass is 16.5. The number of hydrogen-bond acceptors (Lipinski definition) is 4. The lowest BCUT2D eigenvalue weighted by atomic mass is 9.80. The van der Waals surface area contributed by atoms with Gasteiger partial charge in [-0.2, -0.15) is 0 Å². The number of nitrogens with zero attached hydrogens (tertiary/aromatic N) is 2. The van der Waals surface area contributed by atoms with Gasteiger partial charge in [0.15, 0.2) is 0 Å². The maximum atomic E-state index is 12.8. The predicted molar refractivity (Wildman–Crippen MR) is 81.1 cm³/mol. The van der Waals surface area contributed by atoms with Crippen LogP contribution in [0, 0.1) is 6.92 Å². The second-order valence-electron chi connectivity index (χ2n) is 5.77. The first kappa shape index (κ1) is 16.3. The summed E-state index contributed by atoms with van der Waals surface area (Å²) in [6, 6.07) is 3.36. The smallest absolute Gasteiger partial charge is 0.329 e. The second-order valence-corrected chi connectivity index (χ2v) is 5.77. The van der Waals surface area contributed by atoms with Crippen LogP contribution in [-0.2, 0) is 4.79 Å². The van der Waals surface area contributed by atoms with E-state index in [0.29, 0.717) is 18.4 Å². The van der Waals surface area contributed by atoms with Gasteiger partial charge in [-0.15, -0.1) is 0 Å². The van der Waals surface area contributed by atoms with Gasteiger partial charge in [0.2, 0.25) is 5.88 Å². The van der Waals surface area contributed by atoms with E-state index in [1.807, 2.05) is 0 Å². The SMILES string of the molecule is COc1nc(C)ccc1C(=O)N(C)C1(C(=O)O)CCCCC1. The van der Waals surface area contributed by atoms with Gasteiger partial charge in [0.1, 0.15) is 11.1 Å². The summed E-state index contributed by atoms with van der Waals surface area (Å²) in [5.41, 5.74) is -0.103. The van der Waals surface area contributed by atoms with E-state index in [9.17, 15) is 14.7 Å². The molecule has 6 heteroatoms. The Balaban J connectivity index is 2.37. The van der Waals surface area contributed by atoms with Gasteiger partial charge < -0.3 is 14.7 Å². The van der Waals surface area contributed by atoms with Crippen LogP contribution in [0.2, 0.25) is 0 Å². The summed E-state index contributed by atoms with van der Waals surface area (Å²) < 4.78 is 5.17. The number of pyridine rings is 1. The quantitative estimate of drug-likeness (QED) is 0.923. The van der Waals surface area contributed by atoms with E-state index >= 15 is 0 Å². The molecule has 22 heavy (non-hydrogen) atoms. The van der Waals surface area contributed by atoms with Crippen molar-refractivity contribution in [3.8, 4) is 5.88 Å². The maximum absolute atomic E-state index is 12.8. The van der Waals surface area contributed by atoms with Gasteiger partial charge >= 0.3 is 5.97 Å². The van der Waals surface area contributed by atoms with Crippen molar-refractivity contribution in [2.45, 2.75) is 44.6 Å². The third-order valence-electron chi connectivity index (χ3n) is 4.45. The molecule has 2 rings (SSSR count). The molecule has 0 bridgehead atoms. The zero-order chi connectivity index (χ0) is 16.3. The Kier molecular flexibility index (Phi) is 4.68. The van der Waals surface area contributed by atoms with Gasteiger partial charge in [-0.05, 0) is 31.9 Å². The topological polar surface area (TPSA) is 79.7 Å². The van der Waals surface area contributed by atoms with Crippen molar-refractivity contribution in [2.75, 3.05) is 14.2 Å². The number of amides is 1. The van der Waals surface area contributed by atoms with Crippen molar-refractivity contribution < 1.29 is 19.4 Å². The van der Waals surface area contributed by atoms with Crippen LogP contribution in [0.5, 0.6) is 5.88 Å². The van der Waals surface area contributed by atoms with Crippen LogP contribution in [0.15, 0.2) is 12.1 Å². The molecule has 1 heterocycles. The van der Waals surface area contributed by atoms with Crippen molar-refractivity contribution in [1.82, 2.24) is 9.88 Å². The number of carbonyl (C=O) groups is 2. The molecule has 0 atom stereocenters. The molecule has 1 amide bonds. The number of carbonyl (C=O) groups excluding carboxylic acids is 1. The van der Waals surface area contributed by atoms with Crippen LogP contribution in [-0.4, -0.2) is 46.6 Å². The standard InChI is InChI=1S/C16H22N2O4/c1-11-7-8-12(13(17-11)22-3)14(19)18(2)16(15(20)21)9-5-4-6-10-16/h7-8H,4-6,9-10H2,1-3H3,(H,20,21). The molecule has 1 N–H and O–H groups in total. The normalized spacial score (nSPS) is 16.9. The Hall–Kier alpha value is -2.11. The van der Waals surface area contributed by atoms with Crippen LogP contribution in [0.1, 0.15) is 48.2 Å². The lowest BCUT2D eigenvalue weighted by Gasteiger charge is -2.41. The molecule has 1 aromatic heterocycles. The molecule has 6 nitrogen and oxygen atoms in total. The molecule has 0 aromatic carbocycles. The Morgan fingerprint density at radius 1 is 1.27 bits per heavy atom. The summed E-state index contributed by atoms with van der Waals surface area (Å²) in [6.07, 6.45) is 3.59. The van der Waals surface area contributed by atoms with Crippen LogP contribution >= 0.6 is 0 Å². The number of aliphatic carboxylic acids is 1. The lowest BCUT2D eigenvalue weighted by Crippen LogP contribution is -2.56. The Morgan fingerprint density at radius 2 is 1.91 bits per heavy atom. The zero-order valence-corrected chi connectivity index (χ0v) is 13.3. The van der Waals surface area contributed by atoms with Gasteiger partial charge in [0.25, 0.3) is 5.91 Å². The van der Waals surface area contributed by atoms with Crippen molar-refractivity contribution in [3.05, 3.63) is 23.4 Å². The summed E-state index contributed by atoms with van der Waals surface area (Å²) in [5.74, 6) is -1.08. The average molecular weight is 306 g/mol. The highest BCUT2D eigenvalue weighted by molar-refractivity contribution is 5.99. The predicted octanol–water partition coefficient (Wildman–Crippen LogP) is 2.26. The average Bonchev–Trinajstić information content (AvgIpc) is 2.53. The minimum atomic E-state index is -1.13. The largest absolute Gasteiger partial charge is 0.480 e. The fourth-order valence-corrected chi connectivity index (χ4v) is 3.06. The minimum Gasteiger partial charge on any atom is -0.480 e. The number of rotatable bonds is 4. The number of carboxylic acid groups (broad SMARTS) is 1. The monoisotopic (exact) mass is 306 g/mol. The van der Waals surface area contributed by atoms with Crippen molar-refractivity contribution in [1.29, 1.82) is 0 Å². The summed E-state index contributed by atoms with van der Waals surface area (Å²) in [5, 5.41) is 9.68. The number of likely N-dealkylation sites (N-methyl/N-ethyl adjacent to an activating group) is 1. The van der Waals surface area contributed by atoms with Crippen LogP contribution in [0.3, 0.4) is 0 Å². The number of hydrogen-bond donors (Lipinski definition) is 1. The molecule has 1 aromatic rings. The summed E-state index contributed by atoms with van der Waals surface area (Å²) in [7, 11) is 3.01. The second kappa shape index (κ2) is 6.34. The fraction of sp³-hybridized carbons (Fsp3) is 0.562. The molecule has 1 aliphatic rings. The molecule has 1 saturated carbocycles. The Labute approximate surface area is 130 Å². The molecule has 0 spiro atoms. The maximum Gasteiger partial charge on any atom is 0.329 e. The number of methoxy groups -OCH3 is 1. The van der Waals surface area contributed by atoms with Crippen molar-refractivity contribution >= 4 is 11.9 Å². The van der Waals surface area contributed by atoms with Crippen LogP contribution < -0.4 is 4.74 Å². The van der Waals surface area contributed by atoms with E-state index in [1.54, 1.807) is 26.1 Å². The lowest BCUT2D eigenvalue weighted by molar-refractivity contribution is -0.151. The van der Waals surface area contributed by atoms with Crippen LogP contribution in [0.25, 0.3) is 0 Å². The first-order valence-corrected chi connectivity index (χ1v) is 7.45. The van der Waals surface area contributed by atoms with Gasteiger partial charge in [0.05, 0.1) is 7.11 Å². The molecule has 0 unspecified atom stereocenters. The third kappa shape index (κ3) is 2.77. The third-order valence-corrected chi connectivity index (χ3v) is 4.45. The minimum absolute atomic E-state index is 0.230. The van der Waals surface area contributed by atoms with E-state index in [0.717, 1.165) is 25.0 Å². The molecule has 1 fully saturated rings. The van der Waals surface area contributed by atoms with E-state index < -0.39 is 11.5 Å². The summed E-state index contributed by atoms with van der Waals surface area (Å²) in [4.78, 5) is 30.1. The molecule has 0 radical (unpaired) electrons. The Morgan fingerprint density at radius 3 is 2.45 bits per heavy atom. The van der Waals surface area contributed by atoms with Crippen LogP contribution in [0.4, 0.5) is 0 Å². The number of ether oxygens (including phenoxy) is 1. The highest BCUT2D eigenvalue weighted by Crippen LogP contribution is 2.35. The van der Waals surface area contributed by atoms with Crippen molar-refractivity contribution in [3.63, 3.8) is 0 Å². The van der Waals surface area contributed by atoms with E-state index in [-0.39, 0.29) is 11.8 Å². The molecule has 0 saturated heterocycles. The van der Waals surface area contributed by atoms with Gasteiger partial charge in [-0.25, -0.2) is 9.78 Å². The first-order chi connectivity index (χ1) is 10.4. The molecule has 120 valence electrons. The molecule has 1 aliphatic carbocycles. The first-order valence-electron chi connectivity index (χ1n) is 7.45. The summed E-state index contributed by atoms with van der Waals surface area (Å²) >= 11 is 0. The summed E-state index contributed by atoms with van der Waals surface area (Å²) in [6.45, 7) is 1.81. The van der Waals surface area contributed by atoms with E-state index in [2.05, 4.69) is 4.98 Å². The number of aromatic nitrogens is 1. The molecule has 0 aliphatic heterocycles. The van der Waals surface area contributed by atoms with E-state index in [4.69, 9.17) is 4.74 Å².